The average Bonchev–Trinajstić information content (AvgIpc) is 2.22. The first-order valence-corrected chi connectivity index (χ1v) is 5.54. The lowest BCUT2D eigenvalue weighted by Crippen LogP contribution is -1.96. The lowest BCUT2D eigenvalue weighted by atomic mass is 9.98. The van der Waals surface area contributed by atoms with Gasteiger partial charge in [0.25, 0.3) is 0 Å². The topological polar surface area (TPSA) is 12.4 Å². The van der Waals surface area contributed by atoms with Crippen molar-refractivity contribution in [3.05, 3.63) is 36.1 Å². The molecule has 0 atom stereocenters. The van der Waals surface area contributed by atoms with E-state index in [9.17, 15) is 0 Å². The lowest BCUT2D eigenvalue weighted by molar-refractivity contribution is 0.736. The minimum atomic E-state index is 0.517. The molecule has 0 saturated heterocycles. The van der Waals surface area contributed by atoms with Crippen LogP contribution in [0.4, 0.5) is 0 Å². The number of rotatable bonds is 6. The summed E-state index contributed by atoms with van der Waals surface area (Å²) in [5.41, 5.74) is 3.70. The monoisotopic (exact) mass is 205 g/mol. The molecule has 0 aromatic carbocycles. The van der Waals surface area contributed by atoms with Crippen LogP contribution in [-0.4, -0.2) is 6.21 Å². The molecular formula is C14H23N. The van der Waals surface area contributed by atoms with Crippen molar-refractivity contribution in [1.82, 2.24) is 0 Å². The van der Waals surface area contributed by atoms with E-state index in [-0.39, 0.29) is 0 Å². The van der Waals surface area contributed by atoms with Crippen LogP contribution >= 0.6 is 0 Å². The third kappa shape index (κ3) is 5.36. The zero-order chi connectivity index (χ0) is 11.8. The van der Waals surface area contributed by atoms with Gasteiger partial charge in [-0.25, -0.2) is 0 Å². The van der Waals surface area contributed by atoms with Crippen molar-refractivity contribution >= 4 is 6.21 Å². The summed E-state index contributed by atoms with van der Waals surface area (Å²) in [5.74, 6) is 0.517. The van der Waals surface area contributed by atoms with E-state index in [1.807, 2.05) is 0 Å². The number of aliphatic imine (C=N–C) groups is 1. The van der Waals surface area contributed by atoms with Gasteiger partial charge in [-0.1, -0.05) is 51.2 Å². The highest BCUT2D eigenvalue weighted by atomic mass is 14.7. The van der Waals surface area contributed by atoms with Gasteiger partial charge in [0.2, 0.25) is 0 Å². The second-order valence-corrected chi connectivity index (χ2v) is 4.08. The van der Waals surface area contributed by atoms with Gasteiger partial charge in [0.1, 0.15) is 0 Å². The predicted octanol–water partition coefficient (Wildman–Crippen LogP) is 4.53. The highest BCUT2D eigenvalue weighted by Crippen LogP contribution is 2.21. The maximum Gasteiger partial charge on any atom is 0.0433 e. The Morgan fingerprint density at radius 2 is 2.00 bits per heavy atom. The average molecular weight is 205 g/mol. The molecule has 0 radical (unpaired) electrons. The number of nitrogens with zero attached hydrogens (tertiary/aromatic N) is 1. The fourth-order valence-corrected chi connectivity index (χ4v) is 1.07. The Bertz CT molecular complexity index is 280. The molecule has 0 bridgehead atoms. The maximum absolute atomic E-state index is 4.41. The van der Waals surface area contributed by atoms with Crippen LogP contribution < -0.4 is 0 Å². The van der Waals surface area contributed by atoms with Crippen LogP contribution in [0.5, 0.6) is 0 Å². The van der Waals surface area contributed by atoms with Crippen LogP contribution in [0.3, 0.4) is 0 Å². The fourth-order valence-electron chi connectivity index (χ4n) is 1.07. The van der Waals surface area contributed by atoms with Crippen molar-refractivity contribution in [1.29, 1.82) is 0 Å². The molecule has 0 unspecified atom stereocenters. The first-order valence-electron chi connectivity index (χ1n) is 5.54. The van der Waals surface area contributed by atoms with Gasteiger partial charge in [0.15, 0.2) is 0 Å². The molecule has 0 aliphatic carbocycles. The summed E-state index contributed by atoms with van der Waals surface area (Å²) in [4.78, 5) is 4.41. The first kappa shape index (κ1) is 13.9. The summed E-state index contributed by atoms with van der Waals surface area (Å²) < 4.78 is 0. The SMILES string of the molecule is C=C/C=N\C(CC(=C)C(C)C)=C(/C)CC. The van der Waals surface area contributed by atoms with Gasteiger partial charge in [-0.3, -0.25) is 4.99 Å². The predicted molar refractivity (Wildman–Crippen MR) is 70.3 cm³/mol. The molecule has 15 heavy (non-hydrogen) atoms. The summed E-state index contributed by atoms with van der Waals surface area (Å²) >= 11 is 0. The molecule has 0 rings (SSSR count). The van der Waals surface area contributed by atoms with Crippen molar-refractivity contribution in [3.63, 3.8) is 0 Å². The van der Waals surface area contributed by atoms with E-state index < -0.39 is 0 Å². The van der Waals surface area contributed by atoms with Crippen LogP contribution in [-0.2, 0) is 0 Å². The Labute approximate surface area is 94.3 Å². The van der Waals surface area contributed by atoms with Gasteiger partial charge in [-0.15, -0.1) is 0 Å². The zero-order valence-corrected chi connectivity index (χ0v) is 10.5. The molecule has 84 valence electrons. The van der Waals surface area contributed by atoms with E-state index in [4.69, 9.17) is 0 Å². The van der Waals surface area contributed by atoms with Gasteiger partial charge in [-0.05, 0) is 19.3 Å². The molecule has 0 aromatic rings. The van der Waals surface area contributed by atoms with E-state index in [0.717, 1.165) is 18.5 Å². The second kappa shape index (κ2) is 7.22. The number of allylic oxidation sites excluding steroid dienone is 3. The highest BCUT2D eigenvalue weighted by Gasteiger charge is 2.05. The van der Waals surface area contributed by atoms with Crippen molar-refractivity contribution in [3.8, 4) is 0 Å². The number of hydrogen-bond acceptors (Lipinski definition) is 1. The van der Waals surface area contributed by atoms with Crippen LogP contribution in [0.25, 0.3) is 0 Å². The minimum absolute atomic E-state index is 0.517. The van der Waals surface area contributed by atoms with Crippen molar-refractivity contribution in [2.24, 2.45) is 10.9 Å². The van der Waals surface area contributed by atoms with Gasteiger partial charge in [0, 0.05) is 18.3 Å². The third-order valence-corrected chi connectivity index (χ3v) is 2.57. The van der Waals surface area contributed by atoms with E-state index in [1.54, 1.807) is 12.3 Å². The minimum Gasteiger partial charge on any atom is -0.261 e. The van der Waals surface area contributed by atoms with Crippen molar-refractivity contribution in [2.75, 3.05) is 0 Å². The Balaban J connectivity index is 4.74. The maximum atomic E-state index is 4.41. The molecule has 0 aliphatic rings. The Hall–Kier alpha value is -1.11. The fraction of sp³-hybridized carbons (Fsp3) is 0.500. The molecule has 0 aromatic heterocycles. The van der Waals surface area contributed by atoms with Crippen LogP contribution in [0, 0.1) is 5.92 Å². The molecule has 1 nitrogen and oxygen atoms in total. The smallest absolute Gasteiger partial charge is 0.0433 e. The highest BCUT2D eigenvalue weighted by molar-refractivity contribution is 5.71. The summed E-state index contributed by atoms with van der Waals surface area (Å²) in [6.07, 6.45) is 5.38. The zero-order valence-electron chi connectivity index (χ0n) is 10.5. The van der Waals surface area contributed by atoms with Gasteiger partial charge < -0.3 is 0 Å². The Morgan fingerprint density at radius 3 is 2.40 bits per heavy atom. The standard InChI is InChI=1S/C14H23N/c1-7-9-15-14(12(5)8-2)10-13(6)11(3)4/h7,9,11H,1,6,8,10H2,2-5H3/b14-12+,15-9-. The normalized spacial score (nSPS) is 13.1. The van der Waals surface area contributed by atoms with E-state index in [0.29, 0.717) is 5.92 Å². The molecule has 0 spiro atoms. The lowest BCUT2D eigenvalue weighted by Gasteiger charge is -2.11. The summed E-state index contributed by atoms with van der Waals surface area (Å²) in [6, 6.07) is 0. The largest absolute Gasteiger partial charge is 0.261 e. The molecule has 1 heteroatoms. The van der Waals surface area contributed by atoms with E-state index in [1.165, 1.54) is 11.1 Å². The summed E-state index contributed by atoms with van der Waals surface area (Å²) in [6.45, 7) is 16.3. The quantitative estimate of drug-likeness (QED) is 0.446. The van der Waals surface area contributed by atoms with E-state index >= 15 is 0 Å². The van der Waals surface area contributed by atoms with Crippen LogP contribution in [0.15, 0.2) is 41.1 Å². The summed E-state index contributed by atoms with van der Waals surface area (Å²) in [7, 11) is 0. The van der Waals surface area contributed by atoms with E-state index in [2.05, 4.69) is 45.8 Å². The third-order valence-electron chi connectivity index (χ3n) is 2.57. The Morgan fingerprint density at radius 1 is 1.40 bits per heavy atom. The first-order chi connectivity index (χ1) is 7.02. The van der Waals surface area contributed by atoms with Crippen molar-refractivity contribution in [2.45, 2.75) is 40.5 Å². The molecule has 0 fully saturated rings. The molecule has 0 amide bonds. The second-order valence-electron chi connectivity index (χ2n) is 4.08. The summed E-state index contributed by atoms with van der Waals surface area (Å²) in [5, 5.41) is 0. The van der Waals surface area contributed by atoms with Gasteiger partial charge >= 0.3 is 0 Å². The molecule has 0 aliphatic heterocycles. The number of hydrogen-bond donors (Lipinski definition) is 0. The molecule has 0 saturated carbocycles. The molecule has 0 heterocycles. The Kier molecular flexibility index (Phi) is 6.68. The van der Waals surface area contributed by atoms with Crippen molar-refractivity contribution < 1.29 is 0 Å². The van der Waals surface area contributed by atoms with Crippen LogP contribution in [0.1, 0.15) is 40.5 Å². The molecular weight excluding hydrogens is 182 g/mol. The van der Waals surface area contributed by atoms with Gasteiger partial charge in [-0.2, -0.15) is 0 Å². The molecule has 0 N–H and O–H groups in total. The van der Waals surface area contributed by atoms with Crippen LogP contribution in [0.2, 0.25) is 0 Å². The van der Waals surface area contributed by atoms with Gasteiger partial charge in [0.05, 0.1) is 0 Å².